The maximum atomic E-state index is 12.9. The van der Waals surface area contributed by atoms with Gasteiger partial charge >= 0.3 is 0 Å². The molecule has 0 bridgehead atoms. The minimum absolute atomic E-state index is 0.0528. The van der Waals surface area contributed by atoms with Gasteiger partial charge in [0.15, 0.2) is 5.84 Å². The van der Waals surface area contributed by atoms with E-state index in [0.29, 0.717) is 18.3 Å². The average Bonchev–Trinajstić information content (AvgIpc) is 3.44. The normalized spacial score (nSPS) is 17.0. The van der Waals surface area contributed by atoms with E-state index in [4.69, 9.17) is 10.1 Å². The predicted molar refractivity (Wildman–Crippen MR) is 152 cm³/mol. The first-order valence-corrected chi connectivity index (χ1v) is 13.2. The monoisotopic (exact) mass is 513 g/mol. The SMILES string of the molecule is CC(C)C1=NN2C(=N)/C(=C/c3cn(CCOc4ccc(C(C)(C)C)cc4)c4ccccc34)C(=O)N=C2S1. The zero-order valence-electron chi connectivity index (χ0n) is 21.8. The van der Waals surface area contributed by atoms with Crippen molar-refractivity contribution in [1.82, 2.24) is 9.58 Å². The van der Waals surface area contributed by atoms with Crippen LogP contribution >= 0.6 is 11.8 Å². The molecular weight excluding hydrogens is 482 g/mol. The molecule has 190 valence electrons. The van der Waals surface area contributed by atoms with Gasteiger partial charge in [0.05, 0.1) is 12.1 Å². The Morgan fingerprint density at radius 2 is 1.84 bits per heavy atom. The Morgan fingerprint density at radius 1 is 1.11 bits per heavy atom. The summed E-state index contributed by atoms with van der Waals surface area (Å²) < 4.78 is 8.15. The van der Waals surface area contributed by atoms with E-state index in [1.54, 1.807) is 6.08 Å². The predicted octanol–water partition coefficient (Wildman–Crippen LogP) is 6.29. The van der Waals surface area contributed by atoms with Crippen molar-refractivity contribution in [3.63, 3.8) is 0 Å². The number of carbonyl (C=O) groups is 1. The minimum Gasteiger partial charge on any atom is -0.492 e. The number of thioether (sulfide) groups is 1. The molecule has 0 radical (unpaired) electrons. The number of nitrogens with one attached hydrogen (secondary N) is 1. The van der Waals surface area contributed by atoms with E-state index in [0.717, 1.165) is 27.3 Å². The van der Waals surface area contributed by atoms with Crippen molar-refractivity contribution in [3.05, 3.63) is 71.4 Å². The highest BCUT2D eigenvalue weighted by Crippen LogP contribution is 2.32. The first-order chi connectivity index (χ1) is 17.6. The summed E-state index contributed by atoms with van der Waals surface area (Å²) in [5.74, 6) is 0.677. The number of nitrogens with zero attached hydrogens (tertiary/aromatic N) is 4. The molecule has 0 fully saturated rings. The van der Waals surface area contributed by atoms with Crippen LogP contribution in [0, 0.1) is 11.3 Å². The van der Waals surface area contributed by atoms with Crippen molar-refractivity contribution in [3.8, 4) is 5.75 Å². The summed E-state index contributed by atoms with van der Waals surface area (Å²) in [6.45, 7) is 11.8. The van der Waals surface area contributed by atoms with Crippen LogP contribution in [0.4, 0.5) is 0 Å². The molecule has 0 saturated heterocycles. The van der Waals surface area contributed by atoms with E-state index in [1.807, 2.05) is 50.4 Å². The quantitative estimate of drug-likeness (QED) is 0.393. The maximum absolute atomic E-state index is 12.9. The number of carbonyl (C=O) groups excluding carboxylic acids is 1. The highest BCUT2D eigenvalue weighted by atomic mass is 32.2. The smallest absolute Gasteiger partial charge is 0.283 e. The molecular formula is C29H31N5O2S. The number of amidine groups is 2. The number of ether oxygens (including phenoxy) is 1. The van der Waals surface area contributed by atoms with Crippen LogP contribution in [0.15, 0.2) is 70.4 Å². The van der Waals surface area contributed by atoms with Gasteiger partial charge in [-0.05, 0) is 47.0 Å². The Hall–Kier alpha value is -3.65. The number of rotatable bonds is 6. The summed E-state index contributed by atoms with van der Waals surface area (Å²) in [4.78, 5) is 17.1. The Bertz CT molecular complexity index is 1470. The number of amides is 1. The zero-order valence-corrected chi connectivity index (χ0v) is 22.6. The van der Waals surface area contributed by atoms with Gasteiger partial charge in [0.25, 0.3) is 5.91 Å². The fourth-order valence-corrected chi connectivity index (χ4v) is 5.18. The van der Waals surface area contributed by atoms with Crippen LogP contribution in [0.5, 0.6) is 5.75 Å². The van der Waals surface area contributed by atoms with Crippen molar-refractivity contribution < 1.29 is 9.53 Å². The molecule has 2 aliphatic rings. The lowest BCUT2D eigenvalue weighted by molar-refractivity contribution is -0.114. The fourth-order valence-electron chi connectivity index (χ4n) is 4.28. The molecule has 0 aliphatic carbocycles. The van der Waals surface area contributed by atoms with Gasteiger partial charge in [0.1, 0.15) is 17.4 Å². The highest BCUT2D eigenvalue weighted by molar-refractivity contribution is 8.27. The van der Waals surface area contributed by atoms with E-state index in [1.165, 1.54) is 22.3 Å². The molecule has 2 aromatic carbocycles. The first-order valence-electron chi connectivity index (χ1n) is 12.4. The molecule has 5 rings (SSSR count). The number of para-hydroxylation sites is 1. The number of hydrazone groups is 1. The highest BCUT2D eigenvalue weighted by Gasteiger charge is 2.36. The topological polar surface area (TPSA) is 83.0 Å². The van der Waals surface area contributed by atoms with Crippen LogP contribution in [0.3, 0.4) is 0 Å². The van der Waals surface area contributed by atoms with Crippen LogP contribution in [-0.4, -0.2) is 38.1 Å². The van der Waals surface area contributed by atoms with Gasteiger partial charge in [-0.3, -0.25) is 10.2 Å². The molecule has 2 aliphatic heterocycles. The van der Waals surface area contributed by atoms with Gasteiger partial charge in [-0.15, -0.1) is 0 Å². The molecule has 3 aromatic rings. The summed E-state index contributed by atoms with van der Waals surface area (Å²) in [5, 5.41) is 16.9. The first kappa shape index (κ1) is 25.0. The molecule has 1 aromatic heterocycles. The third-order valence-electron chi connectivity index (χ3n) is 6.40. The van der Waals surface area contributed by atoms with Gasteiger partial charge in [-0.2, -0.15) is 15.1 Å². The van der Waals surface area contributed by atoms with Gasteiger partial charge < -0.3 is 9.30 Å². The van der Waals surface area contributed by atoms with Crippen molar-refractivity contribution in [2.45, 2.75) is 46.6 Å². The maximum Gasteiger partial charge on any atom is 0.283 e. The van der Waals surface area contributed by atoms with E-state index in [-0.39, 0.29) is 22.7 Å². The summed E-state index contributed by atoms with van der Waals surface area (Å²) >= 11 is 1.35. The summed E-state index contributed by atoms with van der Waals surface area (Å²) in [5.41, 5.74) is 3.50. The zero-order chi connectivity index (χ0) is 26.3. The van der Waals surface area contributed by atoms with E-state index < -0.39 is 5.91 Å². The molecule has 1 amide bonds. The number of benzene rings is 2. The number of aliphatic imine (C=N–C) groups is 1. The second-order valence-corrected chi connectivity index (χ2v) is 11.5. The number of hydrogen-bond acceptors (Lipinski definition) is 5. The molecule has 0 unspecified atom stereocenters. The molecule has 0 spiro atoms. The number of hydrogen-bond donors (Lipinski definition) is 1. The molecule has 0 atom stereocenters. The van der Waals surface area contributed by atoms with E-state index in [2.05, 4.69) is 53.6 Å². The fraction of sp³-hybridized carbons (Fsp3) is 0.310. The molecule has 3 heterocycles. The Balaban J connectivity index is 1.37. The van der Waals surface area contributed by atoms with Gasteiger partial charge in [-0.25, -0.2) is 0 Å². The third-order valence-corrected chi connectivity index (χ3v) is 7.61. The standard InChI is InChI=1S/C29H31N5O2S/c1-18(2)27-32-34-25(30)23(26(35)31-28(34)37-27)16-19-17-33(24-9-7-6-8-22(19)24)14-15-36-21-12-10-20(11-13-21)29(3,4)5/h6-13,16-18,30H,14-15H2,1-5H3/b23-16-,30-25?. The van der Waals surface area contributed by atoms with Crippen LogP contribution < -0.4 is 4.74 Å². The van der Waals surface area contributed by atoms with Crippen molar-refractivity contribution in [1.29, 1.82) is 5.41 Å². The summed E-state index contributed by atoms with van der Waals surface area (Å²) in [6.07, 6.45) is 3.76. The molecule has 0 saturated carbocycles. The largest absolute Gasteiger partial charge is 0.492 e. The second-order valence-electron chi connectivity index (χ2n) is 10.5. The van der Waals surface area contributed by atoms with Gasteiger partial charge in [-0.1, -0.05) is 65.0 Å². The summed E-state index contributed by atoms with van der Waals surface area (Å²) in [6, 6.07) is 16.3. The lowest BCUT2D eigenvalue weighted by atomic mass is 9.87. The second kappa shape index (κ2) is 9.67. The molecule has 8 heteroatoms. The molecule has 7 nitrogen and oxygen atoms in total. The Morgan fingerprint density at radius 3 is 2.54 bits per heavy atom. The van der Waals surface area contributed by atoms with Gasteiger partial charge in [0, 0.05) is 28.6 Å². The average molecular weight is 514 g/mol. The number of aromatic nitrogens is 1. The third kappa shape index (κ3) is 4.98. The van der Waals surface area contributed by atoms with Crippen LogP contribution in [-0.2, 0) is 16.8 Å². The van der Waals surface area contributed by atoms with Crippen LogP contribution in [0.1, 0.15) is 45.7 Å². The summed E-state index contributed by atoms with van der Waals surface area (Å²) in [7, 11) is 0. The van der Waals surface area contributed by atoms with E-state index in [9.17, 15) is 4.79 Å². The van der Waals surface area contributed by atoms with E-state index >= 15 is 0 Å². The minimum atomic E-state index is -0.414. The van der Waals surface area contributed by atoms with Crippen molar-refractivity contribution >= 4 is 50.7 Å². The van der Waals surface area contributed by atoms with Gasteiger partial charge in [0.2, 0.25) is 5.17 Å². The molecule has 1 N–H and O–H groups in total. The van der Waals surface area contributed by atoms with Crippen LogP contribution in [0.25, 0.3) is 17.0 Å². The van der Waals surface area contributed by atoms with Crippen LogP contribution in [0.2, 0.25) is 0 Å². The Labute approximate surface area is 221 Å². The molecule has 37 heavy (non-hydrogen) atoms. The Kier molecular flexibility index (Phi) is 6.54. The number of fused-ring (bicyclic) bond motifs is 2. The lowest BCUT2D eigenvalue weighted by Crippen LogP contribution is -2.35. The van der Waals surface area contributed by atoms with Crippen molar-refractivity contribution in [2.75, 3.05) is 6.61 Å². The lowest BCUT2D eigenvalue weighted by Gasteiger charge is -2.20. The van der Waals surface area contributed by atoms with Crippen molar-refractivity contribution in [2.24, 2.45) is 16.0 Å².